The van der Waals surface area contributed by atoms with Crippen molar-refractivity contribution in [1.82, 2.24) is 9.88 Å². The SMILES string of the molecule is COc1ccc(-c2[nH]c3ccc(C4CCN(C(=O)CC(C)(C)O)CC4)cc3c2Cl)cc1OC. The van der Waals surface area contributed by atoms with Gasteiger partial charge in [-0.1, -0.05) is 17.7 Å². The average Bonchev–Trinajstić information content (AvgIpc) is 3.13. The number of fused-ring (bicyclic) bond motifs is 1. The molecule has 0 spiro atoms. The molecule has 1 aliphatic heterocycles. The standard InChI is InChI=1S/C26H31ClN2O4/c1-26(2,31)15-23(30)29-11-9-16(10-12-29)17-5-7-20-19(13-17)24(27)25(28-20)18-6-8-21(32-3)22(14-18)33-4/h5-8,13-14,16,28,31H,9-12,15H2,1-4H3. The van der Waals surface area contributed by atoms with E-state index < -0.39 is 5.60 Å². The number of likely N-dealkylation sites (tertiary alicyclic amines) is 1. The first-order valence-electron chi connectivity index (χ1n) is 11.2. The van der Waals surface area contributed by atoms with Crippen molar-refractivity contribution in [2.75, 3.05) is 27.3 Å². The molecule has 0 aliphatic carbocycles. The van der Waals surface area contributed by atoms with Crippen LogP contribution in [0.15, 0.2) is 36.4 Å². The van der Waals surface area contributed by atoms with Crippen LogP contribution in [0, 0.1) is 0 Å². The van der Waals surface area contributed by atoms with Gasteiger partial charge in [-0.15, -0.1) is 0 Å². The number of nitrogens with one attached hydrogen (secondary N) is 1. The van der Waals surface area contributed by atoms with E-state index in [0.717, 1.165) is 35.0 Å². The molecule has 1 saturated heterocycles. The third-order valence-electron chi connectivity index (χ3n) is 6.33. The van der Waals surface area contributed by atoms with Crippen LogP contribution in [0.1, 0.15) is 44.6 Å². The van der Waals surface area contributed by atoms with Crippen molar-refractivity contribution in [2.24, 2.45) is 0 Å². The van der Waals surface area contributed by atoms with Crippen LogP contribution in [0.5, 0.6) is 11.5 Å². The smallest absolute Gasteiger partial charge is 0.225 e. The van der Waals surface area contributed by atoms with Gasteiger partial charge in [0.2, 0.25) is 5.91 Å². The lowest BCUT2D eigenvalue weighted by Gasteiger charge is -2.33. The summed E-state index contributed by atoms with van der Waals surface area (Å²) in [7, 11) is 3.23. The number of carbonyl (C=O) groups is 1. The lowest BCUT2D eigenvalue weighted by molar-refractivity contribution is -0.136. The van der Waals surface area contributed by atoms with Gasteiger partial charge in [-0.05, 0) is 68.5 Å². The first-order chi connectivity index (χ1) is 15.7. The Balaban J connectivity index is 1.54. The highest BCUT2D eigenvalue weighted by atomic mass is 35.5. The molecule has 0 saturated carbocycles. The number of aliphatic hydroxyl groups is 1. The monoisotopic (exact) mass is 470 g/mol. The van der Waals surface area contributed by atoms with Gasteiger partial charge >= 0.3 is 0 Å². The van der Waals surface area contributed by atoms with E-state index in [1.807, 2.05) is 23.1 Å². The zero-order chi connectivity index (χ0) is 23.8. The van der Waals surface area contributed by atoms with Crippen LogP contribution in [-0.2, 0) is 4.79 Å². The summed E-state index contributed by atoms with van der Waals surface area (Å²) in [5, 5.41) is 11.6. The fraction of sp³-hybridized carbons (Fsp3) is 0.423. The molecule has 2 aromatic carbocycles. The molecule has 33 heavy (non-hydrogen) atoms. The molecular weight excluding hydrogens is 440 g/mol. The summed E-state index contributed by atoms with van der Waals surface area (Å²) in [5.74, 6) is 1.71. The van der Waals surface area contributed by atoms with E-state index in [9.17, 15) is 9.90 Å². The van der Waals surface area contributed by atoms with Gasteiger partial charge in [-0.3, -0.25) is 4.79 Å². The minimum absolute atomic E-state index is 0.0182. The van der Waals surface area contributed by atoms with E-state index in [4.69, 9.17) is 21.1 Å². The summed E-state index contributed by atoms with van der Waals surface area (Å²) in [4.78, 5) is 17.7. The predicted molar refractivity (Wildman–Crippen MR) is 131 cm³/mol. The second-order valence-corrected chi connectivity index (χ2v) is 9.71. The van der Waals surface area contributed by atoms with Gasteiger partial charge in [0.15, 0.2) is 11.5 Å². The van der Waals surface area contributed by atoms with Crippen molar-refractivity contribution >= 4 is 28.4 Å². The quantitative estimate of drug-likeness (QED) is 0.507. The largest absolute Gasteiger partial charge is 0.493 e. The third kappa shape index (κ3) is 4.97. The number of methoxy groups -OCH3 is 2. The predicted octanol–water partition coefficient (Wildman–Crippen LogP) is 5.37. The van der Waals surface area contributed by atoms with Gasteiger partial charge in [-0.25, -0.2) is 0 Å². The van der Waals surface area contributed by atoms with Crippen molar-refractivity contribution in [3.8, 4) is 22.8 Å². The van der Waals surface area contributed by atoms with Gasteiger partial charge in [0.1, 0.15) is 0 Å². The average molecular weight is 471 g/mol. The molecule has 0 unspecified atom stereocenters. The van der Waals surface area contributed by atoms with Gasteiger partial charge in [0, 0.05) is 29.6 Å². The number of H-pyrrole nitrogens is 1. The Morgan fingerprint density at radius 3 is 2.45 bits per heavy atom. The molecule has 176 valence electrons. The fourth-order valence-electron chi connectivity index (χ4n) is 4.57. The van der Waals surface area contributed by atoms with Gasteiger partial charge < -0.3 is 24.5 Å². The number of nitrogens with zero attached hydrogens (tertiary/aromatic N) is 1. The van der Waals surface area contributed by atoms with E-state index >= 15 is 0 Å². The Bertz CT molecular complexity index is 1160. The number of aromatic amines is 1. The Morgan fingerprint density at radius 1 is 1.12 bits per heavy atom. The van der Waals surface area contributed by atoms with Crippen LogP contribution in [0.4, 0.5) is 0 Å². The van der Waals surface area contributed by atoms with Crippen LogP contribution >= 0.6 is 11.6 Å². The van der Waals surface area contributed by atoms with Crippen LogP contribution in [0.3, 0.4) is 0 Å². The molecule has 6 nitrogen and oxygen atoms in total. The Morgan fingerprint density at radius 2 is 1.82 bits per heavy atom. The van der Waals surface area contributed by atoms with E-state index in [1.54, 1.807) is 28.1 Å². The number of piperidine rings is 1. The van der Waals surface area contributed by atoms with Gasteiger partial charge in [-0.2, -0.15) is 0 Å². The van der Waals surface area contributed by atoms with E-state index in [-0.39, 0.29) is 12.3 Å². The molecule has 1 amide bonds. The topological polar surface area (TPSA) is 74.8 Å². The number of rotatable bonds is 6. The number of amides is 1. The number of hydrogen-bond donors (Lipinski definition) is 2. The van der Waals surface area contributed by atoms with Crippen LogP contribution in [-0.4, -0.2) is 53.8 Å². The van der Waals surface area contributed by atoms with Crippen LogP contribution in [0.2, 0.25) is 5.02 Å². The first-order valence-corrected chi connectivity index (χ1v) is 11.6. The summed E-state index contributed by atoms with van der Waals surface area (Å²) in [6.07, 6.45) is 1.95. The molecule has 1 aliphatic rings. The summed E-state index contributed by atoms with van der Waals surface area (Å²) >= 11 is 6.82. The summed E-state index contributed by atoms with van der Waals surface area (Å²) < 4.78 is 10.8. The summed E-state index contributed by atoms with van der Waals surface area (Å²) in [5.41, 5.74) is 3.00. The summed E-state index contributed by atoms with van der Waals surface area (Å²) in [6, 6.07) is 12.1. The molecule has 0 bridgehead atoms. The molecule has 3 aromatic rings. The number of carbonyl (C=O) groups excluding carboxylic acids is 1. The maximum absolute atomic E-state index is 12.4. The highest BCUT2D eigenvalue weighted by Gasteiger charge is 2.27. The van der Waals surface area contributed by atoms with Crippen molar-refractivity contribution in [1.29, 1.82) is 0 Å². The zero-order valence-electron chi connectivity index (χ0n) is 19.6. The molecule has 1 aromatic heterocycles. The Hall–Kier alpha value is -2.70. The van der Waals surface area contributed by atoms with Gasteiger partial charge in [0.05, 0.1) is 37.0 Å². The molecule has 2 N–H and O–H groups in total. The molecule has 0 atom stereocenters. The Labute approximate surface area is 199 Å². The van der Waals surface area contributed by atoms with Gasteiger partial charge in [0.25, 0.3) is 0 Å². The lowest BCUT2D eigenvalue weighted by atomic mass is 9.88. The number of halogens is 1. The number of aromatic nitrogens is 1. The fourth-order valence-corrected chi connectivity index (χ4v) is 4.88. The third-order valence-corrected chi connectivity index (χ3v) is 6.73. The van der Waals surface area contributed by atoms with Crippen molar-refractivity contribution < 1.29 is 19.4 Å². The van der Waals surface area contributed by atoms with Crippen LogP contribution in [0.25, 0.3) is 22.2 Å². The maximum atomic E-state index is 12.4. The highest BCUT2D eigenvalue weighted by Crippen LogP contribution is 2.40. The van der Waals surface area contributed by atoms with E-state index in [2.05, 4.69) is 23.2 Å². The van der Waals surface area contributed by atoms with E-state index in [0.29, 0.717) is 35.5 Å². The van der Waals surface area contributed by atoms with Crippen molar-refractivity contribution in [2.45, 2.75) is 44.6 Å². The first kappa shape index (κ1) is 23.5. The molecule has 1 fully saturated rings. The van der Waals surface area contributed by atoms with Crippen LogP contribution < -0.4 is 9.47 Å². The molecule has 7 heteroatoms. The second-order valence-electron chi connectivity index (χ2n) is 9.33. The number of ether oxygens (including phenoxy) is 2. The molecule has 4 rings (SSSR count). The highest BCUT2D eigenvalue weighted by molar-refractivity contribution is 6.38. The zero-order valence-corrected chi connectivity index (χ0v) is 20.3. The lowest BCUT2D eigenvalue weighted by Crippen LogP contribution is -2.41. The van der Waals surface area contributed by atoms with E-state index in [1.165, 1.54) is 5.56 Å². The molecular formula is C26H31ClN2O4. The molecule has 0 radical (unpaired) electrons. The Kier molecular flexibility index (Phi) is 6.59. The number of hydrogen-bond acceptors (Lipinski definition) is 4. The minimum atomic E-state index is -0.977. The minimum Gasteiger partial charge on any atom is -0.493 e. The van der Waals surface area contributed by atoms with Crippen molar-refractivity contribution in [3.05, 3.63) is 47.0 Å². The second kappa shape index (κ2) is 9.27. The number of benzene rings is 2. The van der Waals surface area contributed by atoms with Crippen molar-refractivity contribution in [3.63, 3.8) is 0 Å². The maximum Gasteiger partial charge on any atom is 0.225 e. The molecule has 2 heterocycles. The normalized spacial score (nSPS) is 15.2. The summed E-state index contributed by atoms with van der Waals surface area (Å²) in [6.45, 7) is 4.75.